The Hall–Kier alpha value is -0.0400. The van der Waals surface area contributed by atoms with E-state index in [-0.39, 0.29) is 0 Å². The molecule has 1 saturated carbocycles. The third-order valence-corrected chi connectivity index (χ3v) is 3.56. The van der Waals surface area contributed by atoms with Gasteiger partial charge in [-0.2, -0.15) is 0 Å². The fraction of sp³-hybridized carbons (Fsp3) is 1.00. The Balaban J connectivity index is 2.17. The summed E-state index contributed by atoms with van der Waals surface area (Å²) in [5.74, 6) is 0.828. The summed E-state index contributed by atoms with van der Waals surface area (Å²) in [5, 5.41) is 0. The van der Waals surface area contributed by atoms with E-state index in [2.05, 4.69) is 0 Å². The van der Waals surface area contributed by atoms with Crippen molar-refractivity contribution >= 4 is 0 Å². The molecule has 1 rings (SSSR count). The van der Waals surface area contributed by atoms with Crippen molar-refractivity contribution < 1.29 is 0 Å². The van der Waals surface area contributed by atoms with Gasteiger partial charge >= 0.3 is 0 Å². The number of hydrogen-bond acceptors (Lipinski definition) is 1. The van der Waals surface area contributed by atoms with Crippen molar-refractivity contribution in [1.82, 2.24) is 0 Å². The second-order valence-electron chi connectivity index (χ2n) is 4.86. The topological polar surface area (TPSA) is 26.0 Å². The van der Waals surface area contributed by atoms with Gasteiger partial charge in [0.15, 0.2) is 0 Å². The lowest BCUT2D eigenvalue weighted by atomic mass is 9.93. The minimum Gasteiger partial charge on any atom is -0.330 e. The first kappa shape index (κ1) is 12.0. The molecule has 0 aliphatic heterocycles. The van der Waals surface area contributed by atoms with Gasteiger partial charge in [-0.3, -0.25) is 0 Å². The highest BCUT2D eigenvalue weighted by atomic mass is 14.5. The second-order valence-corrected chi connectivity index (χ2v) is 4.86. The van der Waals surface area contributed by atoms with Crippen LogP contribution in [0.4, 0.5) is 0 Å². The first-order valence-electron chi connectivity index (χ1n) is 6.63. The normalized spacial score (nSPS) is 23.8. The molecule has 0 spiro atoms. The van der Waals surface area contributed by atoms with E-state index in [1.165, 1.54) is 70.6 Å². The molecule has 0 amide bonds. The Kier molecular flexibility index (Phi) is 7.12. The van der Waals surface area contributed by atoms with Crippen LogP contribution in [0.15, 0.2) is 0 Å². The molecule has 1 aliphatic carbocycles. The highest BCUT2D eigenvalue weighted by molar-refractivity contribution is 4.62. The molecule has 0 unspecified atom stereocenters. The third kappa shape index (κ3) is 5.64. The summed E-state index contributed by atoms with van der Waals surface area (Å²) >= 11 is 0. The van der Waals surface area contributed by atoms with Gasteiger partial charge in [-0.1, -0.05) is 57.8 Å². The van der Waals surface area contributed by atoms with Crippen molar-refractivity contribution in [2.75, 3.05) is 6.54 Å². The van der Waals surface area contributed by atoms with Crippen LogP contribution in [-0.4, -0.2) is 6.54 Å². The fourth-order valence-electron chi connectivity index (χ4n) is 2.48. The van der Waals surface area contributed by atoms with Crippen molar-refractivity contribution in [3.05, 3.63) is 0 Å². The zero-order chi connectivity index (χ0) is 10.1. The van der Waals surface area contributed by atoms with Crippen LogP contribution in [0, 0.1) is 5.92 Å². The summed E-state index contributed by atoms with van der Waals surface area (Å²) in [4.78, 5) is 0. The van der Waals surface area contributed by atoms with Gasteiger partial charge in [0, 0.05) is 0 Å². The van der Waals surface area contributed by atoms with E-state index in [0.717, 1.165) is 12.5 Å². The van der Waals surface area contributed by atoms with Crippen LogP contribution in [0.25, 0.3) is 0 Å². The van der Waals surface area contributed by atoms with Crippen LogP contribution in [-0.2, 0) is 0 Å². The molecule has 0 saturated heterocycles. The minimum absolute atomic E-state index is 0.828. The molecule has 0 radical (unpaired) electrons. The molecule has 0 aromatic heterocycles. The Labute approximate surface area is 89.5 Å². The largest absolute Gasteiger partial charge is 0.330 e. The molecule has 1 fully saturated rings. The van der Waals surface area contributed by atoms with E-state index in [9.17, 15) is 0 Å². The Bertz CT molecular complexity index is 110. The molecule has 0 aromatic rings. The highest BCUT2D eigenvalue weighted by Gasteiger charge is 2.06. The highest BCUT2D eigenvalue weighted by Crippen LogP contribution is 2.19. The molecule has 0 heterocycles. The van der Waals surface area contributed by atoms with E-state index >= 15 is 0 Å². The zero-order valence-corrected chi connectivity index (χ0v) is 9.64. The molecule has 2 N–H and O–H groups in total. The minimum atomic E-state index is 0.828. The predicted octanol–water partition coefficient (Wildman–Crippen LogP) is 3.87. The van der Waals surface area contributed by atoms with Crippen LogP contribution < -0.4 is 5.73 Å². The van der Waals surface area contributed by atoms with Gasteiger partial charge in [0.1, 0.15) is 0 Å². The lowest BCUT2D eigenvalue weighted by Gasteiger charge is -2.15. The van der Waals surface area contributed by atoms with Gasteiger partial charge in [0.25, 0.3) is 0 Å². The molecule has 1 heteroatoms. The van der Waals surface area contributed by atoms with Crippen molar-refractivity contribution in [2.24, 2.45) is 11.7 Å². The summed E-state index contributed by atoms with van der Waals surface area (Å²) in [6, 6.07) is 0. The molecular formula is C13H27N. The Morgan fingerprint density at radius 2 is 1.00 bits per heavy atom. The van der Waals surface area contributed by atoms with E-state index in [1.54, 1.807) is 0 Å². The molecule has 0 bridgehead atoms. The summed E-state index contributed by atoms with van der Waals surface area (Å²) in [5.41, 5.74) is 5.78. The molecule has 0 atom stereocenters. The summed E-state index contributed by atoms with van der Waals surface area (Å²) in [6.07, 6.45) is 15.8. The average molecular weight is 197 g/mol. The second kappa shape index (κ2) is 8.28. The van der Waals surface area contributed by atoms with Gasteiger partial charge in [-0.15, -0.1) is 0 Å². The van der Waals surface area contributed by atoms with Crippen molar-refractivity contribution in [3.8, 4) is 0 Å². The van der Waals surface area contributed by atoms with Crippen LogP contribution in [0.1, 0.15) is 70.6 Å². The molecule has 1 nitrogen and oxygen atoms in total. The lowest BCUT2D eigenvalue weighted by Crippen LogP contribution is -2.14. The quantitative estimate of drug-likeness (QED) is 0.678. The maximum absolute atomic E-state index is 5.78. The van der Waals surface area contributed by atoms with Crippen LogP contribution in [0.3, 0.4) is 0 Å². The molecule has 0 aromatic carbocycles. The SMILES string of the molecule is NCC1CCCCCCCCCCC1. The Morgan fingerprint density at radius 3 is 1.36 bits per heavy atom. The predicted molar refractivity (Wildman–Crippen MR) is 63.3 cm³/mol. The molecule has 14 heavy (non-hydrogen) atoms. The monoisotopic (exact) mass is 197 g/mol. The van der Waals surface area contributed by atoms with E-state index in [0.29, 0.717) is 0 Å². The van der Waals surface area contributed by atoms with E-state index < -0.39 is 0 Å². The van der Waals surface area contributed by atoms with E-state index in [1.807, 2.05) is 0 Å². The standard InChI is InChI=1S/C13H27N/c14-12-13-10-8-6-4-2-1-3-5-7-9-11-13/h13H,1-12,14H2. The molecule has 1 aliphatic rings. The Morgan fingerprint density at radius 1 is 0.643 bits per heavy atom. The van der Waals surface area contributed by atoms with Crippen LogP contribution >= 0.6 is 0 Å². The maximum Gasteiger partial charge on any atom is -0.00489 e. The number of rotatable bonds is 1. The van der Waals surface area contributed by atoms with Gasteiger partial charge in [0.2, 0.25) is 0 Å². The van der Waals surface area contributed by atoms with Gasteiger partial charge in [-0.25, -0.2) is 0 Å². The van der Waals surface area contributed by atoms with Gasteiger partial charge in [0.05, 0.1) is 0 Å². The first-order chi connectivity index (χ1) is 6.93. The molecule has 84 valence electrons. The van der Waals surface area contributed by atoms with Crippen LogP contribution in [0.2, 0.25) is 0 Å². The lowest BCUT2D eigenvalue weighted by molar-refractivity contribution is 0.402. The van der Waals surface area contributed by atoms with Crippen molar-refractivity contribution in [1.29, 1.82) is 0 Å². The van der Waals surface area contributed by atoms with Crippen molar-refractivity contribution in [2.45, 2.75) is 70.6 Å². The summed E-state index contributed by atoms with van der Waals surface area (Å²) in [7, 11) is 0. The number of hydrogen-bond donors (Lipinski definition) is 1. The average Bonchev–Trinajstić information content (AvgIpc) is 2.19. The smallest absolute Gasteiger partial charge is 0.00489 e. The third-order valence-electron chi connectivity index (χ3n) is 3.56. The zero-order valence-electron chi connectivity index (χ0n) is 9.64. The summed E-state index contributed by atoms with van der Waals surface area (Å²) < 4.78 is 0. The number of nitrogens with two attached hydrogens (primary N) is 1. The van der Waals surface area contributed by atoms with Gasteiger partial charge in [-0.05, 0) is 25.3 Å². The van der Waals surface area contributed by atoms with Crippen LogP contribution in [0.5, 0.6) is 0 Å². The maximum atomic E-state index is 5.78. The van der Waals surface area contributed by atoms with Gasteiger partial charge < -0.3 is 5.73 Å². The fourth-order valence-corrected chi connectivity index (χ4v) is 2.48. The molecular weight excluding hydrogens is 170 g/mol. The van der Waals surface area contributed by atoms with Crippen molar-refractivity contribution in [3.63, 3.8) is 0 Å². The first-order valence-corrected chi connectivity index (χ1v) is 6.63. The van der Waals surface area contributed by atoms with E-state index in [4.69, 9.17) is 5.73 Å². The summed E-state index contributed by atoms with van der Waals surface area (Å²) in [6.45, 7) is 0.917.